The fraction of sp³-hybridized carbons (Fsp3) is 0.481. The van der Waals surface area contributed by atoms with Gasteiger partial charge in [-0.1, -0.05) is 23.7 Å². The number of hydrogen-bond donors (Lipinski definition) is 1. The maximum absolute atomic E-state index is 10.1. The Morgan fingerprint density at radius 1 is 1.15 bits per heavy atom. The standard InChI is InChI=1S/C27H34BClN4O/c1-19-17-32(18-31-19)12-4-5-21-15-22-16-23(29)7-8-24(22)26(27-25(21)6-3-11-30-27)20-9-13-33(14-10-20)28(2)34/h3,6-8,11,16-18,20-21,26,34H,4-5,9-10,12-15H2,1-2H3. The molecule has 2 aliphatic rings. The number of benzene rings is 1. The molecule has 5 rings (SSSR count). The molecule has 1 fully saturated rings. The van der Waals surface area contributed by atoms with Crippen LogP contribution in [0.5, 0.6) is 0 Å². The van der Waals surface area contributed by atoms with E-state index in [0.717, 1.165) is 62.5 Å². The quantitative estimate of drug-likeness (QED) is 0.490. The third kappa shape index (κ3) is 4.95. The second kappa shape index (κ2) is 10.2. The smallest absolute Gasteiger partial charge is 0.376 e. The Kier molecular flexibility index (Phi) is 7.10. The average Bonchev–Trinajstić information content (AvgIpc) is 3.19. The Hall–Kier alpha value is -2.15. The van der Waals surface area contributed by atoms with Crippen molar-refractivity contribution in [3.63, 3.8) is 0 Å². The van der Waals surface area contributed by atoms with Crippen LogP contribution in [0.15, 0.2) is 49.1 Å². The van der Waals surface area contributed by atoms with Crippen LogP contribution in [0, 0.1) is 12.8 Å². The Morgan fingerprint density at radius 3 is 2.71 bits per heavy atom. The Bertz CT molecular complexity index is 1130. The Balaban J connectivity index is 1.46. The molecule has 178 valence electrons. The largest absolute Gasteiger partial charge is 0.437 e. The molecule has 1 saturated heterocycles. The van der Waals surface area contributed by atoms with Crippen molar-refractivity contribution in [2.75, 3.05) is 13.1 Å². The number of imidazole rings is 1. The molecule has 0 amide bonds. The van der Waals surface area contributed by atoms with E-state index >= 15 is 0 Å². The number of halogens is 1. The summed E-state index contributed by atoms with van der Waals surface area (Å²) in [5, 5.41) is 10.9. The van der Waals surface area contributed by atoms with E-state index in [0.29, 0.717) is 11.8 Å². The highest BCUT2D eigenvalue weighted by Crippen LogP contribution is 2.46. The van der Waals surface area contributed by atoms with Crippen LogP contribution in [0.3, 0.4) is 0 Å². The third-order valence-corrected chi connectivity index (χ3v) is 8.05. The Labute approximate surface area is 208 Å². The zero-order chi connectivity index (χ0) is 23.7. The number of hydrogen-bond acceptors (Lipinski definition) is 4. The summed E-state index contributed by atoms with van der Waals surface area (Å²) in [6.07, 6.45) is 11.4. The van der Waals surface area contributed by atoms with Crippen LogP contribution in [0.4, 0.5) is 0 Å². The summed E-state index contributed by atoms with van der Waals surface area (Å²) < 4.78 is 2.19. The van der Waals surface area contributed by atoms with Crippen LogP contribution in [-0.4, -0.2) is 44.5 Å². The summed E-state index contributed by atoms with van der Waals surface area (Å²) in [5.41, 5.74) is 6.49. The molecule has 1 N–H and O–H groups in total. The van der Waals surface area contributed by atoms with E-state index in [9.17, 15) is 5.02 Å². The van der Waals surface area contributed by atoms with Crippen LogP contribution >= 0.6 is 11.6 Å². The summed E-state index contributed by atoms with van der Waals surface area (Å²) in [4.78, 5) is 11.6. The van der Waals surface area contributed by atoms with E-state index in [1.54, 1.807) is 0 Å². The zero-order valence-electron chi connectivity index (χ0n) is 20.2. The van der Waals surface area contributed by atoms with Crippen molar-refractivity contribution < 1.29 is 5.02 Å². The summed E-state index contributed by atoms with van der Waals surface area (Å²) in [6.45, 7) is 6.75. The molecular weight excluding hydrogens is 443 g/mol. The molecule has 2 unspecified atom stereocenters. The van der Waals surface area contributed by atoms with Gasteiger partial charge in [-0.2, -0.15) is 0 Å². The van der Waals surface area contributed by atoms with Gasteiger partial charge in [-0.05, 0) is 106 Å². The zero-order valence-corrected chi connectivity index (χ0v) is 21.0. The molecule has 2 atom stereocenters. The first-order valence-corrected chi connectivity index (χ1v) is 13.0. The molecule has 1 aliphatic carbocycles. The highest BCUT2D eigenvalue weighted by atomic mass is 35.5. The minimum absolute atomic E-state index is 0.279. The fourth-order valence-electron chi connectivity index (χ4n) is 6.09. The first-order chi connectivity index (χ1) is 16.5. The van der Waals surface area contributed by atoms with E-state index in [1.165, 1.54) is 22.4 Å². The van der Waals surface area contributed by atoms with Crippen molar-refractivity contribution in [3.8, 4) is 0 Å². The summed E-state index contributed by atoms with van der Waals surface area (Å²) in [6, 6.07) is 10.9. The SMILES string of the molecule is CB(O)N1CCC(C2c3ccc(Cl)cc3CC(CCCn3cnc(C)c3)c3cccnc32)CC1. The number of rotatable bonds is 6. The van der Waals surface area contributed by atoms with Gasteiger partial charge in [-0.25, -0.2) is 4.98 Å². The summed E-state index contributed by atoms with van der Waals surface area (Å²) >= 11 is 6.50. The number of nitrogens with zero attached hydrogens (tertiary/aromatic N) is 4. The van der Waals surface area contributed by atoms with Crippen molar-refractivity contribution >= 4 is 18.7 Å². The van der Waals surface area contributed by atoms with Gasteiger partial charge in [0.1, 0.15) is 0 Å². The molecule has 2 aromatic heterocycles. The first-order valence-electron chi connectivity index (χ1n) is 12.6. The molecule has 1 aliphatic heterocycles. The van der Waals surface area contributed by atoms with Gasteiger partial charge in [0.05, 0.1) is 17.7 Å². The minimum atomic E-state index is -0.379. The maximum Gasteiger partial charge on any atom is 0.376 e. The molecule has 0 spiro atoms. The van der Waals surface area contributed by atoms with E-state index in [2.05, 4.69) is 44.8 Å². The predicted molar refractivity (Wildman–Crippen MR) is 138 cm³/mol. The van der Waals surface area contributed by atoms with Crippen LogP contribution in [-0.2, 0) is 13.0 Å². The lowest BCUT2D eigenvalue weighted by atomic mass is 9.73. The lowest BCUT2D eigenvalue weighted by molar-refractivity contribution is 0.235. The van der Waals surface area contributed by atoms with Crippen molar-refractivity contribution in [2.45, 2.75) is 64.2 Å². The van der Waals surface area contributed by atoms with E-state index in [1.807, 2.05) is 32.3 Å². The second-order valence-electron chi connectivity index (χ2n) is 10.1. The number of piperidine rings is 1. The molecular formula is C27H34BClN4O. The lowest BCUT2D eigenvalue weighted by Gasteiger charge is -2.37. The van der Waals surface area contributed by atoms with Gasteiger partial charge in [-0.3, -0.25) is 4.98 Å². The normalized spacial score (nSPS) is 21.1. The van der Waals surface area contributed by atoms with Crippen LogP contribution in [0.25, 0.3) is 0 Å². The number of aromatic nitrogens is 3. The average molecular weight is 477 g/mol. The fourth-order valence-corrected chi connectivity index (χ4v) is 6.28. The van der Waals surface area contributed by atoms with Crippen LogP contribution in [0.1, 0.15) is 65.6 Å². The maximum atomic E-state index is 10.1. The predicted octanol–water partition coefficient (Wildman–Crippen LogP) is 5.31. The summed E-state index contributed by atoms with van der Waals surface area (Å²) in [7, 11) is -0.379. The molecule has 7 heteroatoms. The molecule has 5 nitrogen and oxygen atoms in total. The van der Waals surface area contributed by atoms with Gasteiger partial charge in [0, 0.05) is 29.9 Å². The second-order valence-corrected chi connectivity index (χ2v) is 10.5. The van der Waals surface area contributed by atoms with E-state index in [-0.39, 0.29) is 13.0 Å². The molecule has 1 aromatic carbocycles. The topological polar surface area (TPSA) is 54.2 Å². The van der Waals surface area contributed by atoms with E-state index in [4.69, 9.17) is 16.6 Å². The summed E-state index contributed by atoms with van der Waals surface area (Å²) in [5.74, 6) is 1.21. The first kappa shape index (κ1) is 23.6. The lowest BCUT2D eigenvalue weighted by Crippen LogP contribution is -2.44. The highest BCUT2D eigenvalue weighted by molar-refractivity contribution is 6.45. The molecule has 3 aromatic rings. The number of pyridine rings is 1. The van der Waals surface area contributed by atoms with Crippen molar-refractivity contribution in [2.24, 2.45) is 5.92 Å². The number of fused-ring (bicyclic) bond motifs is 2. The van der Waals surface area contributed by atoms with Crippen LogP contribution < -0.4 is 0 Å². The number of aryl methyl sites for hydroxylation is 2. The molecule has 0 bridgehead atoms. The van der Waals surface area contributed by atoms with Crippen molar-refractivity contribution in [3.05, 3.63) is 82.2 Å². The monoisotopic (exact) mass is 476 g/mol. The van der Waals surface area contributed by atoms with Crippen molar-refractivity contribution in [1.29, 1.82) is 0 Å². The van der Waals surface area contributed by atoms with Gasteiger partial charge in [0.25, 0.3) is 0 Å². The molecule has 34 heavy (non-hydrogen) atoms. The minimum Gasteiger partial charge on any atom is -0.437 e. The van der Waals surface area contributed by atoms with Gasteiger partial charge in [-0.15, -0.1) is 0 Å². The van der Waals surface area contributed by atoms with Crippen molar-refractivity contribution in [1.82, 2.24) is 19.3 Å². The molecule has 0 saturated carbocycles. The van der Waals surface area contributed by atoms with Gasteiger partial charge < -0.3 is 14.4 Å². The van der Waals surface area contributed by atoms with Gasteiger partial charge in [0.15, 0.2) is 0 Å². The highest BCUT2D eigenvalue weighted by Gasteiger charge is 2.37. The van der Waals surface area contributed by atoms with Gasteiger partial charge in [0.2, 0.25) is 0 Å². The molecule has 3 heterocycles. The third-order valence-electron chi connectivity index (χ3n) is 7.82. The Morgan fingerprint density at radius 2 is 1.97 bits per heavy atom. The van der Waals surface area contributed by atoms with E-state index < -0.39 is 0 Å². The molecule has 0 radical (unpaired) electrons. The van der Waals surface area contributed by atoms with Gasteiger partial charge >= 0.3 is 7.05 Å². The van der Waals surface area contributed by atoms with Crippen LogP contribution in [0.2, 0.25) is 11.8 Å².